The van der Waals surface area contributed by atoms with Crippen LogP contribution < -0.4 is 4.74 Å². The van der Waals surface area contributed by atoms with Gasteiger partial charge < -0.3 is 14.4 Å². The van der Waals surface area contributed by atoms with Gasteiger partial charge in [-0.2, -0.15) is 10.2 Å². The molecule has 0 atom stereocenters. The van der Waals surface area contributed by atoms with Gasteiger partial charge in [0.2, 0.25) is 5.88 Å². The molecule has 1 saturated heterocycles. The van der Waals surface area contributed by atoms with Gasteiger partial charge >= 0.3 is 5.97 Å². The molecule has 1 aliphatic rings. The van der Waals surface area contributed by atoms with Crippen molar-refractivity contribution >= 4 is 28.3 Å². The highest BCUT2D eigenvalue weighted by atomic mass is 32.1. The maximum Gasteiger partial charge on any atom is 0.335 e. The first-order valence-electron chi connectivity index (χ1n) is 13.4. The van der Waals surface area contributed by atoms with E-state index in [0.717, 1.165) is 47.7 Å². The molecule has 0 aliphatic carbocycles. The van der Waals surface area contributed by atoms with Crippen LogP contribution in [0.1, 0.15) is 56.8 Å². The van der Waals surface area contributed by atoms with E-state index in [1.807, 2.05) is 12.3 Å². The molecular weight excluding hydrogens is 557 g/mol. The molecule has 0 radical (unpaired) electrons. The molecule has 4 heterocycles. The Morgan fingerprint density at radius 1 is 1.14 bits per heavy atom. The summed E-state index contributed by atoms with van der Waals surface area (Å²) in [4.78, 5) is 33.2. The van der Waals surface area contributed by atoms with Gasteiger partial charge in [0, 0.05) is 34.8 Å². The molecule has 0 amide bonds. The molecule has 1 aliphatic heterocycles. The molecule has 0 unspecified atom stereocenters. The van der Waals surface area contributed by atoms with Crippen molar-refractivity contribution < 1.29 is 19.0 Å². The van der Waals surface area contributed by atoms with Crippen LogP contribution in [0.4, 0.5) is 4.39 Å². The summed E-state index contributed by atoms with van der Waals surface area (Å²) >= 11 is 1.55. The molecule has 3 aromatic heterocycles. The van der Waals surface area contributed by atoms with Gasteiger partial charge in [-0.25, -0.2) is 19.2 Å². The van der Waals surface area contributed by atoms with Crippen LogP contribution in [0.15, 0.2) is 60.4 Å². The standard InChI is InChI=1S/C30H26FN7O3S/c31-24-11-19(13-32)1-2-22(24)17-41-28-5-8-34-29(36-28)20-6-9-37(10-7-20)16-27-35-25-4-3-21(30(39)40)12-26(25)38(27)15-23-14-33-18-42-23/h1-5,8,11-12,14,18,20H,6-7,9-10,15-17H2,(H,39,40). The van der Waals surface area contributed by atoms with Gasteiger partial charge in [-0.05, 0) is 56.3 Å². The third-order valence-corrected chi connectivity index (χ3v) is 8.16. The van der Waals surface area contributed by atoms with Crippen LogP contribution in [0.5, 0.6) is 5.88 Å². The zero-order valence-electron chi connectivity index (χ0n) is 22.5. The van der Waals surface area contributed by atoms with E-state index in [4.69, 9.17) is 15.0 Å². The smallest absolute Gasteiger partial charge is 0.335 e. The van der Waals surface area contributed by atoms with Crippen LogP contribution in [0, 0.1) is 17.1 Å². The molecule has 0 saturated carbocycles. The zero-order chi connectivity index (χ0) is 29.1. The fraction of sp³-hybridized carbons (Fsp3) is 0.267. The van der Waals surface area contributed by atoms with E-state index < -0.39 is 11.8 Å². The second-order valence-electron chi connectivity index (χ2n) is 10.1. The van der Waals surface area contributed by atoms with Crippen LogP contribution in [-0.2, 0) is 19.7 Å². The van der Waals surface area contributed by atoms with Crippen molar-refractivity contribution in [1.29, 1.82) is 5.26 Å². The van der Waals surface area contributed by atoms with Gasteiger partial charge in [0.05, 0.1) is 46.8 Å². The molecule has 212 valence electrons. The SMILES string of the molecule is N#Cc1ccc(COc2ccnc(C3CCN(Cc4nc5ccc(C(=O)O)cc5n4Cc4cncs4)CC3)n2)c(F)c1. The molecule has 0 spiro atoms. The number of carboxylic acid groups (broad SMARTS) is 1. The predicted octanol–water partition coefficient (Wildman–Crippen LogP) is 5.00. The van der Waals surface area contributed by atoms with E-state index in [1.54, 1.807) is 59.4 Å². The van der Waals surface area contributed by atoms with E-state index in [-0.39, 0.29) is 23.7 Å². The number of imidazole rings is 1. The highest BCUT2D eigenvalue weighted by molar-refractivity contribution is 7.09. The number of nitriles is 1. The summed E-state index contributed by atoms with van der Waals surface area (Å²) in [5.41, 5.74) is 4.18. The lowest BCUT2D eigenvalue weighted by molar-refractivity contribution is 0.0697. The summed E-state index contributed by atoms with van der Waals surface area (Å²) in [6, 6.07) is 12.9. The zero-order valence-corrected chi connectivity index (χ0v) is 23.3. The van der Waals surface area contributed by atoms with Crippen LogP contribution in [0.3, 0.4) is 0 Å². The Balaban J connectivity index is 1.12. The van der Waals surface area contributed by atoms with E-state index in [1.165, 1.54) is 6.07 Å². The average Bonchev–Trinajstić information content (AvgIpc) is 3.65. The number of hydrogen-bond acceptors (Lipinski definition) is 9. The number of rotatable bonds is 9. The minimum absolute atomic E-state index is 0.00291. The Labute approximate surface area is 244 Å². The number of thiazole rings is 1. The predicted molar refractivity (Wildman–Crippen MR) is 153 cm³/mol. The summed E-state index contributed by atoms with van der Waals surface area (Å²) in [6.07, 6.45) is 5.19. The van der Waals surface area contributed by atoms with Gasteiger partial charge in [0.1, 0.15) is 24.1 Å². The Kier molecular flexibility index (Phi) is 7.85. The van der Waals surface area contributed by atoms with Crippen LogP contribution in [0.25, 0.3) is 11.0 Å². The number of halogens is 1. The third kappa shape index (κ3) is 5.97. The Bertz CT molecular complexity index is 1780. The molecule has 5 aromatic rings. The van der Waals surface area contributed by atoms with Gasteiger partial charge in [0.25, 0.3) is 0 Å². The lowest BCUT2D eigenvalue weighted by Crippen LogP contribution is -2.34. The quantitative estimate of drug-likeness (QED) is 0.255. The number of carbonyl (C=O) groups is 1. The minimum atomic E-state index is -0.968. The molecule has 1 fully saturated rings. The summed E-state index contributed by atoms with van der Waals surface area (Å²) < 4.78 is 22.1. The number of ether oxygens (including phenoxy) is 1. The van der Waals surface area contributed by atoms with Crippen LogP contribution in [-0.4, -0.2) is 53.6 Å². The highest BCUT2D eigenvalue weighted by Crippen LogP contribution is 2.29. The second-order valence-corrected chi connectivity index (χ2v) is 11.1. The van der Waals surface area contributed by atoms with Crippen molar-refractivity contribution in [3.05, 3.63) is 99.4 Å². The average molecular weight is 584 g/mol. The highest BCUT2D eigenvalue weighted by Gasteiger charge is 2.25. The molecule has 6 rings (SSSR count). The lowest BCUT2D eigenvalue weighted by atomic mass is 9.96. The number of hydrogen-bond donors (Lipinski definition) is 1. The summed E-state index contributed by atoms with van der Waals surface area (Å²) in [6.45, 7) is 2.84. The van der Waals surface area contributed by atoms with Gasteiger partial charge in [-0.15, -0.1) is 11.3 Å². The van der Waals surface area contributed by atoms with Crippen molar-refractivity contribution in [3.63, 3.8) is 0 Å². The van der Waals surface area contributed by atoms with Gasteiger partial charge in [0.15, 0.2) is 0 Å². The minimum Gasteiger partial charge on any atom is -0.478 e. The second kappa shape index (κ2) is 12.0. The first-order chi connectivity index (χ1) is 20.5. The van der Waals surface area contributed by atoms with E-state index in [2.05, 4.69) is 24.4 Å². The van der Waals surface area contributed by atoms with Crippen LogP contribution in [0.2, 0.25) is 0 Å². The van der Waals surface area contributed by atoms with Crippen molar-refractivity contribution in [2.24, 2.45) is 0 Å². The molecule has 10 nitrogen and oxygen atoms in total. The largest absolute Gasteiger partial charge is 0.478 e. The third-order valence-electron chi connectivity index (χ3n) is 7.40. The molecule has 42 heavy (non-hydrogen) atoms. The number of nitrogens with zero attached hydrogens (tertiary/aromatic N) is 7. The number of aromatic carboxylic acids is 1. The van der Waals surface area contributed by atoms with Crippen molar-refractivity contribution in [1.82, 2.24) is 29.4 Å². The molecule has 2 aromatic carbocycles. The van der Waals surface area contributed by atoms with Crippen molar-refractivity contribution in [3.8, 4) is 11.9 Å². The number of aromatic nitrogens is 5. The molecule has 1 N–H and O–H groups in total. The van der Waals surface area contributed by atoms with E-state index >= 15 is 0 Å². The number of carboxylic acids is 1. The molecule has 0 bridgehead atoms. The Morgan fingerprint density at radius 2 is 2.00 bits per heavy atom. The van der Waals surface area contributed by atoms with Crippen molar-refractivity contribution in [2.75, 3.05) is 13.1 Å². The molecular formula is C30H26FN7O3S. The normalized spacial score (nSPS) is 14.2. The maximum absolute atomic E-state index is 14.2. The van der Waals surface area contributed by atoms with Gasteiger partial charge in [-0.1, -0.05) is 6.07 Å². The number of fused-ring (bicyclic) bond motifs is 1. The van der Waals surface area contributed by atoms with E-state index in [9.17, 15) is 14.3 Å². The monoisotopic (exact) mass is 583 g/mol. The topological polar surface area (TPSA) is 130 Å². The number of benzene rings is 2. The Morgan fingerprint density at radius 3 is 2.74 bits per heavy atom. The van der Waals surface area contributed by atoms with Gasteiger partial charge in [-0.3, -0.25) is 9.88 Å². The summed E-state index contributed by atoms with van der Waals surface area (Å²) in [5, 5.41) is 18.4. The summed E-state index contributed by atoms with van der Waals surface area (Å²) in [5.74, 6) is 0.657. The first-order valence-corrected chi connectivity index (χ1v) is 14.3. The lowest BCUT2D eigenvalue weighted by Gasteiger charge is -2.31. The van der Waals surface area contributed by atoms with E-state index in [0.29, 0.717) is 30.4 Å². The van der Waals surface area contributed by atoms with Crippen molar-refractivity contribution in [2.45, 2.75) is 38.5 Å². The number of likely N-dealkylation sites (tertiary alicyclic amines) is 1. The fourth-order valence-electron chi connectivity index (χ4n) is 5.15. The summed E-state index contributed by atoms with van der Waals surface area (Å²) in [7, 11) is 0. The molecule has 12 heteroatoms. The maximum atomic E-state index is 14.2. The first kappa shape index (κ1) is 27.4. The fourth-order valence-corrected chi connectivity index (χ4v) is 5.73. The Hall–Kier alpha value is -4.73. The number of piperidine rings is 1. The van der Waals surface area contributed by atoms with Crippen LogP contribution >= 0.6 is 11.3 Å².